The van der Waals surface area contributed by atoms with E-state index in [0.29, 0.717) is 17.7 Å². The lowest BCUT2D eigenvalue weighted by Crippen LogP contribution is -2.39. The summed E-state index contributed by atoms with van der Waals surface area (Å²) in [5.74, 6) is 1.36. The van der Waals surface area contributed by atoms with Crippen molar-refractivity contribution in [3.63, 3.8) is 0 Å². The number of nitrogens with one attached hydrogen (secondary N) is 1. The Morgan fingerprint density at radius 3 is 2.50 bits per heavy atom. The summed E-state index contributed by atoms with van der Waals surface area (Å²) in [7, 11) is 1.51. The van der Waals surface area contributed by atoms with E-state index in [4.69, 9.17) is 0 Å². The summed E-state index contributed by atoms with van der Waals surface area (Å²) in [4.78, 5) is 9.54. The normalized spacial score (nSPS) is 23.8. The van der Waals surface area contributed by atoms with Crippen molar-refractivity contribution in [1.82, 2.24) is 9.97 Å². The summed E-state index contributed by atoms with van der Waals surface area (Å²) in [5.41, 5.74) is -0.905. The van der Waals surface area contributed by atoms with Crippen molar-refractivity contribution in [2.75, 3.05) is 30.4 Å². The van der Waals surface area contributed by atoms with Gasteiger partial charge in [0.1, 0.15) is 5.82 Å². The Hall–Kier alpha value is -1.53. The molecule has 1 aliphatic rings. The lowest BCUT2D eigenvalue weighted by molar-refractivity contribution is -0.141. The molecule has 2 unspecified atom stereocenters. The summed E-state index contributed by atoms with van der Waals surface area (Å²) in [5, 5.41) is 2.59. The molecule has 1 aromatic rings. The maximum Gasteiger partial charge on any atom is 0.433 e. The Bertz CT molecular complexity index is 475. The highest BCUT2D eigenvalue weighted by Crippen LogP contribution is 2.32. The van der Waals surface area contributed by atoms with Crippen LogP contribution in [0.4, 0.5) is 24.9 Å². The summed E-state index contributed by atoms with van der Waals surface area (Å²) >= 11 is 0. The van der Waals surface area contributed by atoms with Gasteiger partial charge in [-0.2, -0.15) is 18.2 Å². The van der Waals surface area contributed by atoms with Gasteiger partial charge in [0.25, 0.3) is 0 Å². The highest BCUT2D eigenvalue weighted by Gasteiger charge is 2.34. The molecule has 0 spiro atoms. The zero-order valence-corrected chi connectivity index (χ0v) is 11.8. The number of alkyl halides is 3. The smallest absolute Gasteiger partial charge is 0.357 e. The molecule has 20 heavy (non-hydrogen) atoms. The van der Waals surface area contributed by atoms with E-state index in [1.165, 1.54) is 7.05 Å². The van der Waals surface area contributed by atoms with Crippen LogP contribution >= 0.6 is 0 Å². The van der Waals surface area contributed by atoms with Gasteiger partial charge in [-0.3, -0.25) is 0 Å². The fourth-order valence-corrected chi connectivity index (χ4v) is 2.32. The number of aromatic nitrogens is 2. The molecule has 1 N–H and O–H groups in total. The Morgan fingerprint density at radius 1 is 1.25 bits per heavy atom. The van der Waals surface area contributed by atoms with Crippen LogP contribution in [0.2, 0.25) is 0 Å². The molecule has 1 fully saturated rings. The zero-order valence-electron chi connectivity index (χ0n) is 11.8. The average Bonchev–Trinajstić information content (AvgIpc) is 2.40. The van der Waals surface area contributed by atoms with Crippen molar-refractivity contribution in [3.05, 3.63) is 11.8 Å². The van der Waals surface area contributed by atoms with E-state index in [-0.39, 0.29) is 5.95 Å². The van der Waals surface area contributed by atoms with Crippen molar-refractivity contribution >= 4 is 11.8 Å². The van der Waals surface area contributed by atoms with Crippen molar-refractivity contribution < 1.29 is 13.2 Å². The van der Waals surface area contributed by atoms with Gasteiger partial charge in [0, 0.05) is 26.2 Å². The second kappa shape index (κ2) is 5.46. The van der Waals surface area contributed by atoms with Gasteiger partial charge in [0.05, 0.1) is 0 Å². The van der Waals surface area contributed by atoms with E-state index < -0.39 is 11.9 Å². The average molecular weight is 288 g/mol. The van der Waals surface area contributed by atoms with Crippen LogP contribution < -0.4 is 10.2 Å². The minimum Gasteiger partial charge on any atom is -0.357 e. The molecule has 1 aliphatic heterocycles. The van der Waals surface area contributed by atoms with Crippen LogP contribution in [0.5, 0.6) is 0 Å². The molecule has 2 atom stereocenters. The van der Waals surface area contributed by atoms with E-state index >= 15 is 0 Å². The maximum absolute atomic E-state index is 12.9. The van der Waals surface area contributed by atoms with Crippen LogP contribution in [-0.4, -0.2) is 30.1 Å². The number of rotatable bonds is 2. The van der Waals surface area contributed by atoms with Gasteiger partial charge in [-0.05, 0) is 18.3 Å². The number of anilines is 2. The predicted octanol–water partition coefficient (Wildman–Crippen LogP) is 3.02. The molecular weight excluding hydrogens is 269 g/mol. The first-order valence-electron chi connectivity index (χ1n) is 6.70. The molecule has 2 rings (SSSR count). The molecule has 2 heterocycles. The Morgan fingerprint density at radius 2 is 1.95 bits per heavy atom. The predicted molar refractivity (Wildman–Crippen MR) is 71.7 cm³/mol. The van der Waals surface area contributed by atoms with Crippen LogP contribution in [0.3, 0.4) is 0 Å². The monoisotopic (exact) mass is 288 g/mol. The first-order valence-corrected chi connectivity index (χ1v) is 6.70. The van der Waals surface area contributed by atoms with Crippen LogP contribution in [0, 0.1) is 11.8 Å². The van der Waals surface area contributed by atoms with Crippen LogP contribution in [0.1, 0.15) is 26.0 Å². The lowest BCUT2D eigenvalue weighted by Gasteiger charge is -2.36. The number of piperidine rings is 1. The fraction of sp³-hybridized carbons (Fsp3) is 0.692. The molecule has 112 valence electrons. The van der Waals surface area contributed by atoms with Crippen LogP contribution in [0.25, 0.3) is 0 Å². The standard InChI is InChI=1S/C13H19F3N4/c1-8-4-5-20(7-9(8)2)11-6-10(13(14,15)16)18-12(17-3)19-11/h6,8-9H,4-5,7H2,1-3H3,(H,17,18,19). The molecule has 7 heteroatoms. The highest BCUT2D eigenvalue weighted by atomic mass is 19.4. The molecule has 0 bridgehead atoms. The zero-order chi connectivity index (χ0) is 14.9. The number of hydrogen-bond donors (Lipinski definition) is 1. The molecule has 0 radical (unpaired) electrons. The van der Waals surface area contributed by atoms with Gasteiger partial charge in [0.15, 0.2) is 5.69 Å². The minimum absolute atomic E-state index is 0.00102. The second-order valence-electron chi connectivity index (χ2n) is 5.37. The molecule has 4 nitrogen and oxygen atoms in total. The van der Waals surface area contributed by atoms with E-state index in [1.807, 2.05) is 4.90 Å². The van der Waals surface area contributed by atoms with E-state index in [9.17, 15) is 13.2 Å². The van der Waals surface area contributed by atoms with E-state index in [0.717, 1.165) is 25.6 Å². The molecule has 1 aromatic heterocycles. The van der Waals surface area contributed by atoms with Crippen molar-refractivity contribution in [2.45, 2.75) is 26.4 Å². The maximum atomic E-state index is 12.9. The summed E-state index contributed by atoms with van der Waals surface area (Å²) in [6, 6.07) is 1.03. The number of nitrogens with zero attached hydrogens (tertiary/aromatic N) is 3. The number of halogens is 3. The SMILES string of the molecule is CNc1nc(N2CCC(C)C(C)C2)cc(C(F)(F)F)n1. The van der Waals surface area contributed by atoms with Gasteiger partial charge >= 0.3 is 6.18 Å². The van der Waals surface area contributed by atoms with Crippen molar-refractivity contribution in [1.29, 1.82) is 0 Å². The van der Waals surface area contributed by atoms with E-state index in [2.05, 4.69) is 29.1 Å². The van der Waals surface area contributed by atoms with Gasteiger partial charge in [-0.25, -0.2) is 4.98 Å². The minimum atomic E-state index is -4.46. The third kappa shape index (κ3) is 3.13. The van der Waals surface area contributed by atoms with Crippen molar-refractivity contribution in [3.8, 4) is 0 Å². The Labute approximate surface area is 116 Å². The highest BCUT2D eigenvalue weighted by molar-refractivity contribution is 5.45. The topological polar surface area (TPSA) is 41.1 Å². The Kier molecular flexibility index (Phi) is 4.06. The van der Waals surface area contributed by atoms with Gasteiger partial charge in [-0.1, -0.05) is 13.8 Å². The van der Waals surface area contributed by atoms with Crippen molar-refractivity contribution in [2.24, 2.45) is 11.8 Å². The van der Waals surface area contributed by atoms with E-state index in [1.54, 1.807) is 0 Å². The van der Waals surface area contributed by atoms with Gasteiger partial charge in [-0.15, -0.1) is 0 Å². The first-order chi connectivity index (χ1) is 9.31. The second-order valence-corrected chi connectivity index (χ2v) is 5.37. The molecular formula is C13H19F3N4. The van der Waals surface area contributed by atoms with Gasteiger partial charge in [0.2, 0.25) is 5.95 Å². The summed E-state index contributed by atoms with van der Waals surface area (Å²) in [6.07, 6.45) is -3.50. The summed E-state index contributed by atoms with van der Waals surface area (Å²) < 4.78 is 38.6. The fourth-order valence-electron chi connectivity index (χ4n) is 2.32. The Balaban J connectivity index is 2.31. The largest absolute Gasteiger partial charge is 0.433 e. The number of hydrogen-bond acceptors (Lipinski definition) is 4. The quantitative estimate of drug-likeness (QED) is 0.908. The molecule has 1 saturated heterocycles. The third-order valence-corrected chi connectivity index (χ3v) is 3.88. The van der Waals surface area contributed by atoms with Crippen LogP contribution in [-0.2, 0) is 6.18 Å². The molecule has 0 aromatic carbocycles. The molecule has 0 amide bonds. The summed E-state index contributed by atoms with van der Waals surface area (Å²) in [6.45, 7) is 5.73. The first kappa shape index (κ1) is 14.9. The lowest BCUT2D eigenvalue weighted by atomic mass is 9.89. The van der Waals surface area contributed by atoms with Gasteiger partial charge < -0.3 is 10.2 Å². The van der Waals surface area contributed by atoms with Crippen LogP contribution in [0.15, 0.2) is 6.07 Å². The molecule has 0 aliphatic carbocycles. The molecule has 0 saturated carbocycles. The third-order valence-electron chi connectivity index (χ3n) is 3.88.